The summed E-state index contributed by atoms with van der Waals surface area (Å²) in [6, 6.07) is 32.7. The molecule has 50 heavy (non-hydrogen) atoms. The molecule has 0 bridgehead atoms. The van der Waals surface area contributed by atoms with E-state index in [4.69, 9.17) is 21.1 Å². The maximum Gasteiger partial charge on any atom is 0.341 e. The van der Waals surface area contributed by atoms with Gasteiger partial charge in [0.2, 0.25) is 9.84 Å². The molecule has 1 heterocycles. The largest absolute Gasteiger partial charge is 0.488 e. The smallest absolute Gasteiger partial charge is 0.341 e. The number of carbonyl (C=O) groups excluding carboxylic acids is 1. The molecule has 0 aliphatic rings. The fourth-order valence-electron chi connectivity index (χ4n) is 5.70. The summed E-state index contributed by atoms with van der Waals surface area (Å²) in [4.78, 5) is 19.3. The molecule has 5 aromatic rings. The molecule has 260 valence electrons. The molecule has 0 saturated heterocycles. The monoisotopic (exact) mass is 712 g/mol. The van der Waals surface area contributed by atoms with Gasteiger partial charge in [0.25, 0.3) is 0 Å². The summed E-state index contributed by atoms with van der Waals surface area (Å²) in [5, 5.41) is 11.3. The lowest BCUT2D eigenvalue weighted by Crippen LogP contribution is -2.30. The van der Waals surface area contributed by atoms with Crippen LogP contribution in [-0.2, 0) is 40.6 Å². The summed E-state index contributed by atoms with van der Waals surface area (Å²) in [7, 11) is -2.73. The Kier molecular flexibility index (Phi) is 12.8. The van der Waals surface area contributed by atoms with Crippen molar-refractivity contribution in [2.45, 2.75) is 55.2 Å². The lowest BCUT2D eigenvalue weighted by molar-refractivity contribution is 0.0595. The quantitative estimate of drug-likeness (QED) is 0.0821. The van der Waals surface area contributed by atoms with Crippen molar-refractivity contribution in [3.8, 4) is 5.75 Å². The molecule has 0 aliphatic heterocycles. The van der Waals surface area contributed by atoms with Crippen molar-refractivity contribution in [2.75, 3.05) is 20.2 Å². The number of sulfone groups is 1. The first kappa shape index (κ1) is 36.7. The fraction of sp³-hybridized carbons (Fsp3) is 0.250. The Labute approximate surface area is 299 Å². The van der Waals surface area contributed by atoms with Crippen LogP contribution in [-0.4, -0.2) is 49.6 Å². The van der Waals surface area contributed by atoms with Crippen LogP contribution in [0.5, 0.6) is 5.75 Å². The van der Waals surface area contributed by atoms with E-state index in [1.54, 1.807) is 48.7 Å². The number of hydrogen-bond donors (Lipinski definition) is 1. The number of aryl methyl sites for hydroxylation is 1. The minimum Gasteiger partial charge on any atom is -0.488 e. The fourth-order valence-corrected chi connectivity index (χ4v) is 7.15. The molecule has 5 rings (SSSR count). The summed E-state index contributed by atoms with van der Waals surface area (Å²) in [5.41, 5.74) is 4.34. The minimum absolute atomic E-state index is 0.000809. The highest BCUT2D eigenvalue weighted by molar-refractivity contribution is 7.91. The summed E-state index contributed by atoms with van der Waals surface area (Å²) in [5.74, 6) is -0.343. The Morgan fingerprint density at radius 2 is 1.54 bits per heavy atom. The van der Waals surface area contributed by atoms with Crippen LogP contribution in [0.1, 0.15) is 57.6 Å². The topological polar surface area (TPSA) is 106 Å². The SMILES string of the molecule is CCCc1cc(S(=O)(=O)c2ccc(CCN(Cc3ccccc3)C[C@@H](O)c3ccc(Cl)nc3)cc2)cc(C(=O)OC)c1OCc1ccccc1. The first-order chi connectivity index (χ1) is 24.2. The molecular formula is C40H41ClN2O6S. The molecular weight excluding hydrogens is 672 g/mol. The number of nitrogens with zero attached hydrogens (tertiary/aromatic N) is 2. The Bertz CT molecular complexity index is 1960. The van der Waals surface area contributed by atoms with E-state index in [9.17, 15) is 18.3 Å². The number of rotatable bonds is 16. The first-order valence-corrected chi connectivity index (χ1v) is 18.4. The Hall–Kier alpha value is -4.54. The number of ether oxygens (including phenoxy) is 2. The van der Waals surface area contributed by atoms with Gasteiger partial charge in [-0.1, -0.05) is 104 Å². The first-order valence-electron chi connectivity index (χ1n) is 16.5. The normalized spacial score (nSPS) is 12.1. The second-order valence-corrected chi connectivity index (χ2v) is 14.4. The molecule has 0 saturated carbocycles. The predicted octanol–water partition coefficient (Wildman–Crippen LogP) is 7.66. The summed E-state index contributed by atoms with van der Waals surface area (Å²) < 4.78 is 39.1. The maximum absolute atomic E-state index is 14.0. The van der Waals surface area contributed by atoms with Crippen molar-refractivity contribution in [1.29, 1.82) is 0 Å². The van der Waals surface area contributed by atoms with Gasteiger partial charge < -0.3 is 14.6 Å². The van der Waals surface area contributed by atoms with E-state index in [2.05, 4.69) is 9.88 Å². The van der Waals surface area contributed by atoms with Crippen molar-refractivity contribution in [1.82, 2.24) is 9.88 Å². The van der Waals surface area contributed by atoms with Gasteiger partial charge in [0, 0.05) is 31.4 Å². The molecule has 8 nitrogen and oxygen atoms in total. The van der Waals surface area contributed by atoms with Crippen LogP contribution >= 0.6 is 11.6 Å². The van der Waals surface area contributed by atoms with E-state index in [1.807, 2.05) is 67.6 Å². The standard InChI is InChI=1S/C40H41ClN2O6S/c1-3-10-32-23-35(24-36(40(45)48-2)39(32)49-28-31-13-8-5-9-14-31)50(46,47)34-18-15-29(16-19-34)21-22-43(26-30-11-6-4-7-12-30)27-37(44)33-17-20-38(41)42-25-33/h4-9,11-20,23-25,37,44H,3,10,21-22,26-28H2,1-2H3/t37-/m1/s1. The number of aliphatic hydroxyl groups is 1. The van der Waals surface area contributed by atoms with E-state index < -0.39 is 21.9 Å². The average Bonchev–Trinajstić information content (AvgIpc) is 3.14. The highest BCUT2D eigenvalue weighted by Gasteiger charge is 2.26. The Morgan fingerprint density at radius 1 is 0.860 bits per heavy atom. The molecule has 10 heteroatoms. The zero-order valence-electron chi connectivity index (χ0n) is 28.2. The molecule has 0 amide bonds. The number of benzene rings is 4. The Balaban J connectivity index is 1.35. The number of halogens is 1. The number of methoxy groups -OCH3 is 1. The number of carbonyl (C=O) groups is 1. The highest BCUT2D eigenvalue weighted by atomic mass is 35.5. The van der Waals surface area contributed by atoms with Gasteiger partial charge in [0.15, 0.2) is 0 Å². The molecule has 1 atom stereocenters. The number of aliphatic hydroxyl groups excluding tert-OH is 1. The van der Waals surface area contributed by atoms with Gasteiger partial charge in [-0.15, -0.1) is 0 Å². The number of pyridine rings is 1. The zero-order valence-corrected chi connectivity index (χ0v) is 29.7. The van der Waals surface area contributed by atoms with Crippen molar-refractivity contribution in [3.63, 3.8) is 0 Å². The van der Waals surface area contributed by atoms with Gasteiger partial charge in [0.05, 0.1) is 23.0 Å². The van der Waals surface area contributed by atoms with Crippen LogP contribution in [0.15, 0.2) is 125 Å². The second kappa shape index (κ2) is 17.4. The predicted molar refractivity (Wildman–Crippen MR) is 194 cm³/mol. The van der Waals surface area contributed by atoms with Crippen molar-refractivity contribution in [2.24, 2.45) is 0 Å². The van der Waals surface area contributed by atoms with Gasteiger partial charge in [-0.25, -0.2) is 18.2 Å². The Morgan fingerprint density at radius 3 is 2.16 bits per heavy atom. The highest BCUT2D eigenvalue weighted by Crippen LogP contribution is 2.33. The lowest BCUT2D eigenvalue weighted by atomic mass is 10.0. The number of aromatic nitrogens is 1. The van der Waals surface area contributed by atoms with Crippen molar-refractivity contribution < 1.29 is 27.8 Å². The summed E-state index contributed by atoms with van der Waals surface area (Å²) in [6.07, 6.45) is 2.67. The van der Waals surface area contributed by atoms with Gasteiger partial charge >= 0.3 is 5.97 Å². The molecule has 4 aromatic carbocycles. The second-order valence-electron chi connectivity index (χ2n) is 12.0. The average molecular weight is 713 g/mol. The van der Waals surface area contributed by atoms with Gasteiger partial charge in [-0.2, -0.15) is 0 Å². The number of esters is 1. The van der Waals surface area contributed by atoms with Crippen LogP contribution in [0, 0.1) is 0 Å². The van der Waals surface area contributed by atoms with Gasteiger partial charge in [0.1, 0.15) is 23.1 Å². The van der Waals surface area contributed by atoms with Crippen LogP contribution in [0.3, 0.4) is 0 Å². The third kappa shape index (κ3) is 9.57. The summed E-state index contributed by atoms with van der Waals surface area (Å²) >= 11 is 5.94. The minimum atomic E-state index is -3.99. The lowest BCUT2D eigenvalue weighted by Gasteiger charge is -2.25. The van der Waals surface area contributed by atoms with Crippen molar-refractivity contribution >= 4 is 27.4 Å². The molecule has 1 N–H and O–H groups in total. The van der Waals surface area contributed by atoms with E-state index >= 15 is 0 Å². The van der Waals surface area contributed by atoms with E-state index in [0.717, 1.165) is 23.1 Å². The molecule has 1 aromatic heterocycles. The third-order valence-corrected chi connectivity index (χ3v) is 10.3. The van der Waals surface area contributed by atoms with Crippen LogP contribution < -0.4 is 4.74 Å². The molecule has 0 unspecified atom stereocenters. The van der Waals surface area contributed by atoms with Crippen molar-refractivity contribution in [3.05, 3.63) is 154 Å². The number of hydrogen-bond acceptors (Lipinski definition) is 8. The van der Waals surface area contributed by atoms with Crippen LogP contribution in [0.25, 0.3) is 0 Å². The van der Waals surface area contributed by atoms with Gasteiger partial charge in [-0.05, 0) is 65.4 Å². The molecule has 0 aliphatic carbocycles. The summed E-state index contributed by atoms with van der Waals surface area (Å²) in [6.45, 7) is 3.81. The molecule has 0 fully saturated rings. The third-order valence-electron chi connectivity index (χ3n) is 8.37. The van der Waals surface area contributed by atoms with E-state index in [-0.39, 0.29) is 22.0 Å². The van der Waals surface area contributed by atoms with Crippen LogP contribution in [0.4, 0.5) is 0 Å². The molecule has 0 radical (unpaired) electrons. The zero-order chi connectivity index (χ0) is 35.5. The van der Waals surface area contributed by atoms with E-state index in [1.165, 1.54) is 13.2 Å². The van der Waals surface area contributed by atoms with E-state index in [0.29, 0.717) is 54.5 Å². The molecule has 0 spiro atoms. The maximum atomic E-state index is 14.0. The van der Waals surface area contributed by atoms with Crippen LogP contribution in [0.2, 0.25) is 5.15 Å². The van der Waals surface area contributed by atoms with Gasteiger partial charge in [-0.3, -0.25) is 4.90 Å².